The second kappa shape index (κ2) is 8.71. The number of imidazole rings is 1. The van der Waals surface area contributed by atoms with Crippen molar-refractivity contribution in [3.05, 3.63) is 82.3 Å². The Labute approximate surface area is 184 Å². The molecule has 0 atom stereocenters. The van der Waals surface area contributed by atoms with Crippen molar-refractivity contribution >= 4 is 38.7 Å². The topological polar surface area (TPSA) is 59.0 Å². The van der Waals surface area contributed by atoms with Gasteiger partial charge >= 0.3 is 6.03 Å². The number of carbonyl (C=O) groups excluding carboxylic acids is 1. The van der Waals surface area contributed by atoms with E-state index in [0.717, 1.165) is 38.1 Å². The van der Waals surface area contributed by atoms with E-state index in [0.29, 0.717) is 13.1 Å². The molecule has 0 fully saturated rings. The Balaban J connectivity index is 1.49. The molecular formula is C24H23BrN4O. The smallest absolute Gasteiger partial charge is 0.319 e. The average molecular weight is 463 g/mol. The third-order valence-electron chi connectivity index (χ3n) is 5.00. The SMILES string of the molecule is Cc1ccc(-c2nc3ccccc3n2CCNC(=O)Nc2ccc(Br)c(C)c2)cc1. The number of para-hydroxylation sites is 2. The maximum absolute atomic E-state index is 12.3. The number of nitrogens with zero attached hydrogens (tertiary/aromatic N) is 2. The second-order valence-electron chi connectivity index (χ2n) is 7.29. The molecule has 0 radical (unpaired) electrons. The van der Waals surface area contributed by atoms with Gasteiger partial charge in [0.2, 0.25) is 0 Å². The largest absolute Gasteiger partial charge is 0.336 e. The first-order chi connectivity index (χ1) is 14.5. The number of urea groups is 1. The Bertz CT molecular complexity index is 1200. The summed E-state index contributed by atoms with van der Waals surface area (Å²) in [5.74, 6) is 0.905. The van der Waals surface area contributed by atoms with Gasteiger partial charge in [0.05, 0.1) is 11.0 Å². The second-order valence-corrected chi connectivity index (χ2v) is 8.14. The minimum atomic E-state index is -0.224. The van der Waals surface area contributed by atoms with E-state index in [2.05, 4.69) is 68.4 Å². The van der Waals surface area contributed by atoms with Gasteiger partial charge < -0.3 is 15.2 Å². The highest BCUT2D eigenvalue weighted by atomic mass is 79.9. The number of nitrogens with one attached hydrogen (secondary N) is 2. The summed E-state index contributed by atoms with van der Waals surface area (Å²) < 4.78 is 3.17. The summed E-state index contributed by atoms with van der Waals surface area (Å²) >= 11 is 3.47. The maximum Gasteiger partial charge on any atom is 0.319 e. The van der Waals surface area contributed by atoms with E-state index in [1.54, 1.807) is 0 Å². The van der Waals surface area contributed by atoms with E-state index in [4.69, 9.17) is 4.98 Å². The van der Waals surface area contributed by atoms with Gasteiger partial charge in [0.15, 0.2) is 0 Å². The number of anilines is 1. The molecular weight excluding hydrogens is 440 g/mol. The normalized spacial score (nSPS) is 10.9. The first-order valence-corrected chi connectivity index (χ1v) is 10.6. The van der Waals surface area contributed by atoms with Crippen LogP contribution in [0.3, 0.4) is 0 Å². The third-order valence-corrected chi connectivity index (χ3v) is 5.89. The number of fused-ring (bicyclic) bond motifs is 1. The van der Waals surface area contributed by atoms with Gasteiger partial charge in [0.1, 0.15) is 5.82 Å². The van der Waals surface area contributed by atoms with Crippen molar-refractivity contribution in [2.75, 3.05) is 11.9 Å². The van der Waals surface area contributed by atoms with Crippen LogP contribution in [0.2, 0.25) is 0 Å². The summed E-state index contributed by atoms with van der Waals surface area (Å²) in [6.45, 7) is 5.17. The maximum atomic E-state index is 12.3. The molecule has 0 saturated carbocycles. The number of aryl methyl sites for hydroxylation is 2. The number of hydrogen-bond acceptors (Lipinski definition) is 2. The number of carbonyl (C=O) groups is 1. The molecule has 0 aliphatic carbocycles. The highest BCUT2D eigenvalue weighted by molar-refractivity contribution is 9.10. The number of benzene rings is 3. The molecule has 2 N–H and O–H groups in total. The van der Waals surface area contributed by atoms with Crippen molar-refractivity contribution in [2.45, 2.75) is 20.4 Å². The zero-order chi connectivity index (χ0) is 21.1. The van der Waals surface area contributed by atoms with Gasteiger partial charge in [-0.05, 0) is 49.7 Å². The van der Waals surface area contributed by atoms with Crippen molar-refractivity contribution in [1.29, 1.82) is 0 Å². The van der Waals surface area contributed by atoms with Crippen molar-refractivity contribution in [2.24, 2.45) is 0 Å². The van der Waals surface area contributed by atoms with E-state index < -0.39 is 0 Å². The molecule has 1 aromatic heterocycles. The molecule has 4 aromatic rings. The van der Waals surface area contributed by atoms with Crippen molar-refractivity contribution in [3.63, 3.8) is 0 Å². The minimum absolute atomic E-state index is 0.224. The molecule has 0 aliphatic rings. The van der Waals surface area contributed by atoms with Gasteiger partial charge in [-0.25, -0.2) is 9.78 Å². The van der Waals surface area contributed by atoms with Crippen LogP contribution in [0.1, 0.15) is 11.1 Å². The molecule has 1 heterocycles. The Kier molecular flexibility index (Phi) is 5.86. The number of amides is 2. The van der Waals surface area contributed by atoms with Gasteiger partial charge in [0, 0.05) is 28.8 Å². The molecule has 0 saturated heterocycles. The molecule has 0 unspecified atom stereocenters. The van der Waals surface area contributed by atoms with E-state index in [1.807, 2.05) is 43.3 Å². The van der Waals surface area contributed by atoms with E-state index in [-0.39, 0.29) is 6.03 Å². The predicted octanol–water partition coefficient (Wildman–Crippen LogP) is 5.90. The fraction of sp³-hybridized carbons (Fsp3) is 0.167. The number of rotatable bonds is 5. The molecule has 2 amide bonds. The summed E-state index contributed by atoms with van der Waals surface area (Å²) in [6, 6.07) is 21.9. The Morgan fingerprint density at radius 3 is 2.57 bits per heavy atom. The minimum Gasteiger partial charge on any atom is -0.336 e. The van der Waals surface area contributed by atoms with Crippen LogP contribution in [-0.2, 0) is 6.54 Å². The molecule has 152 valence electrons. The fourth-order valence-electron chi connectivity index (χ4n) is 3.40. The van der Waals surface area contributed by atoms with Gasteiger partial charge in [-0.3, -0.25) is 0 Å². The van der Waals surface area contributed by atoms with Crippen molar-refractivity contribution in [3.8, 4) is 11.4 Å². The lowest BCUT2D eigenvalue weighted by molar-refractivity contribution is 0.251. The number of hydrogen-bond donors (Lipinski definition) is 2. The van der Waals surface area contributed by atoms with Gasteiger partial charge in [-0.2, -0.15) is 0 Å². The van der Waals surface area contributed by atoms with Crippen molar-refractivity contribution < 1.29 is 4.79 Å². The monoisotopic (exact) mass is 462 g/mol. The van der Waals surface area contributed by atoms with Gasteiger partial charge in [-0.1, -0.05) is 57.9 Å². The van der Waals surface area contributed by atoms with Crippen molar-refractivity contribution in [1.82, 2.24) is 14.9 Å². The zero-order valence-corrected chi connectivity index (χ0v) is 18.5. The van der Waals surface area contributed by atoms with Crippen LogP contribution in [0.15, 0.2) is 71.2 Å². The summed E-state index contributed by atoms with van der Waals surface area (Å²) in [4.78, 5) is 17.2. The highest BCUT2D eigenvalue weighted by Crippen LogP contribution is 2.25. The van der Waals surface area contributed by atoms with E-state index in [1.165, 1.54) is 5.56 Å². The molecule has 0 spiro atoms. The van der Waals surface area contributed by atoms with Crippen LogP contribution < -0.4 is 10.6 Å². The summed E-state index contributed by atoms with van der Waals surface area (Å²) in [5, 5.41) is 5.83. The average Bonchev–Trinajstić information content (AvgIpc) is 3.10. The third kappa shape index (κ3) is 4.39. The van der Waals surface area contributed by atoms with Gasteiger partial charge in [-0.15, -0.1) is 0 Å². The molecule has 5 nitrogen and oxygen atoms in total. The van der Waals surface area contributed by atoms with Crippen LogP contribution in [-0.4, -0.2) is 22.1 Å². The predicted molar refractivity (Wildman–Crippen MR) is 126 cm³/mol. The molecule has 30 heavy (non-hydrogen) atoms. The first-order valence-electron chi connectivity index (χ1n) is 9.84. The molecule has 3 aromatic carbocycles. The zero-order valence-electron chi connectivity index (χ0n) is 16.9. The van der Waals surface area contributed by atoms with Crippen LogP contribution >= 0.6 is 15.9 Å². The quantitative estimate of drug-likeness (QED) is 0.387. The summed E-state index contributed by atoms with van der Waals surface area (Å²) in [7, 11) is 0. The van der Waals surface area contributed by atoms with Crippen LogP contribution in [0.5, 0.6) is 0 Å². The number of aromatic nitrogens is 2. The molecule has 0 aliphatic heterocycles. The molecule has 0 bridgehead atoms. The van der Waals surface area contributed by atoms with E-state index >= 15 is 0 Å². The Morgan fingerprint density at radius 2 is 1.80 bits per heavy atom. The number of halogens is 1. The van der Waals surface area contributed by atoms with Crippen LogP contribution in [0, 0.1) is 13.8 Å². The van der Waals surface area contributed by atoms with Crippen LogP contribution in [0.4, 0.5) is 10.5 Å². The summed E-state index contributed by atoms with van der Waals surface area (Å²) in [5.41, 5.74) is 6.11. The first kappa shape index (κ1) is 20.2. The lowest BCUT2D eigenvalue weighted by atomic mass is 10.1. The molecule has 6 heteroatoms. The lowest BCUT2D eigenvalue weighted by Gasteiger charge is -2.12. The lowest BCUT2D eigenvalue weighted by Crippen LogP contribution is -2.31. The van der Waals surface area contributed by atoms with Gasteiger partial charge in [0.25, 0.3) is 0 Å². The summed E-state index contributed by atoms with van der Waals surface area (Å²) in [6.07, 6.45) is 0. The van der Waals surface area contributed by atoms with Crippen LogP contribution in [0.25, 0.3) is 22.4 Å². The van der Waals surface area contributed by atoms with E-state index in [9.17, 15) is 4.79 Å². The Hall–Kier alpha value is -3.12. The fourth-order valence-corrected chi connectivity index (χ4v) is 3.65. The Morgan fingerprint density at radius 1 is 1.03 bits per heavy atom. The molecule has 4 rings (SSSR count). The highest BCUT2D eigenvalue weighted by Gasteiger charge is 2.12. The standard InChI is InChI=1S/C24H23BrN4O/c1-16-7-9-18(10-8-16)23-28-21-5-3-4-6-22(21)29(23)14-13-26-24(30)27-19-11-12-20(25)17(2)15-19/h3-12,15H,13-14H2,1-2H3,(H2,26,27,30).